The van der Waals surface area contributed by atoms with E-state index in [1.54, 1.807) is 19.5 Å². The zero-order chi connectivity index (χ0) is 17.5. The van der Waals surface area contributed by atoms with Crippen LogP contribution in [0.15, 0.2) is 53.2 Å². The highest BCUT2D eigenvalue weighted by Crippen LogP contribution is 2.28. The number of hydrogen-bond donors (Lipinski definition) is 1. The van der Waals surface area contributed by atoms with E-state index in [-0.39, 0.29) is 12.3 Å². The minimum Gasteiger partial charge on any atom is -0.496 e. The molecule has 0 spiro atoms. The number of carbonyl (C=O) groups is 1. The maximum absolute atomic E-state index is 11.9. The van der Waals surface area contributed by atoms with Gasteiger partial charge in [0, 0.05) is 31.8 Å². The number of aromatic nitrogens is 3. The number of aryl methyl sites for hydroxylation is 1. The molecule has 0 bridgehead atoms. The van der Waals surface area contributed by atoms with Crippen LogP contribution in [0, 0.1) is 0 Å². The topological polar surface area (TPSA) is 90.1 Å². The third kappa shape index (κ3) is 4.41. The van der Waals surface area contributed by atoms with Gasteiger partial charge in [0.05, 0.1) is 12.7 Å². The van der Waals surface area contributed by atoms with E-state index in [0.717, 1.165) is 11.1 Å². The van der Waals surface area contributed by atoms with Gasteiger partial charge in [-0.15, -0.1) is 10.2 Å². The van der Waals surface area contributed by atoms with Crippen LogP contribution in [-0.2, 0) is 17.8 Å². The summed E-state index contributed by atoms with van der Waals surface area (Å²) in [7, 11) is 1.59. The number of nitrogens with zero attached hydrogens (tertiary/aromatic N) is 3. The van der Waals surface area contributed by atoms with Crippen molar-refractivity contribution in [1.29, 1.82) is 0 Å². The van der Waals surface area contributed by atoms with Gasteiger partial charge in [0.25, 0.3) is 5.89 Å². The molecular formula is C18H18N4O3. The van der Waals surface area contributed by atoms with Crippen LogP contribution in [0.2, 0.25) is 0 Å². The van der Waals surface area contributed by atoms with Crippen LogP contribution in [0.3, 0.4) is 0 Å². The Kier molecular flexibility index (Phi) is 5.36. The van der Waals surface area contributed by atoms with Gasteiger partial charge in [-0.2, -0.15) is 0 Å². The Balaban J connectivity index is 1.54. The van der Waals surface area contributed by atoms with E-state index in [2.05, 4.69) is 20.5 Å². The minimum absolute atomic E-state index is 0.0825. The third-order valence-corrected chi connectivity index (χ3v) is 3.58. The number of carbonyl (C=O) groups excluding carboxylic acids is 1. The van der Waals surface area contributed by atoms with E-state index in [4.69, 9.17) is 9.15 Å². The first-order valence-electron chi connectivity index (χ1n) is 7.87. The van der Waals surface area contributed by atoms with Gasteiger partial charge in [-0.3, -0.25) is 9.78 Å². The molecule has 3 rings (SSSR count). The van der Waals surface area contributed by atoms with Crippen molar-refractivity contribution in [2.45, 2.75) is 19.4 Å². The van der Waals surface area contributed by atoms with E-state index in [1.807, 2.05) is 36.4 Å². The van der Waals surface area contributed by atoms with E-state index in [1.165, 1.54) is 0 Å². The summed E-state index contributed by atoms with van der Waals surface area (Å²) < 4.78 is 10.9. The predicted octanol–water partition coefficient (Wildman–Crippen LogP) is 2.39. The average molecular weight is 338 g/mol. The van der Waals surface area contributed by atoms with Crippen molar-refractivity contribution in [3.05, 3.63) is 60.2 Å². The molecule has 7 heteroatoms. The number of amides is 1. The summed E-state index contributed by atoms with van der Waals surface area (Å²) in [6.07, 6.45) is 4.06. The van der Waals surface area contributed by atoms with E-state index < -0.39 is 0 Å². The second-order valence-electron chi connectivity index (χ2n) is 5.34. The number of rotatable bonds is 7. The van der Waals surface area contributed by atoms with Gasteiger partial charge in [-0.1, -0.05) is 18.2 Å². The summed E-state index contributed by atoms with van der Waals surface area (Å²) in [5, 5.41) is 10.9. The Morgan fingerprint density at radius 2 is 2.08 bits per heavy atom. The molecule has 0 unspecified atom stereocenters. The molecule has 7 nitrogen and oxygen atoms in total. The maximum Gasteiger partial charge on any atom is 0.251 e. The Morgan fingerprint density at radius 3 is 2.88 bits per heavy atom. The smallest absolute Gasteiger partial charge is 0.251 e. The lowest BCUT2D eigenvalue weighted by Crippen LogP contribution is -2.23. The third-order valence-electron chi connectivity index (χ3n) is 3.58. The summed E-state index contributed by atoms with van der Waals surface area (Å²) in [4.78, 5) is 15.9. The second kappa shape index (κ2) is 8.05. The number of benzene rings is 1. The van der Waals surface area contributed by atoms with Crippen LogP contribution < -0.4 is 10.1 Å². The SMILES string of the molecule is COc1ccccc1-c1nnc(CCC(=O)NCc2cccnc2)o1. The van der Waals surface area contributed by atoms with Crippen LogP contribution in [0.4, 0.5) is 0 Å². The van der Waals surface area contributed by atoms with Crippen LogP contribution >= 0.6 is 0 Å². The minimum atomic E-state index is -0.0825. The van der Waals surface area contributed by atoms with Crippen molar-refractivity contribution in [1.82, 2.24) is 20.5 Å². The first-order chi connectivity index (χ1) is 12.3. The molecule has 1 amide bonds. The molecule has 0 aliphatic carbocycles. The van der Waals surface area contributed by atoms with Crippen LogP contribution in [0.25, 0.3) is 11.5 Å². The average Bonchev–Trinajstić information content (AvgIpc) is 3.14. The van der Waals surface area contributed by atoms with Gasteiger partial charge in [0.1, 0.15) is 5.75 Å². The number of nitrogens with one attached hydrogen (secondary N) is 1. The van der Waals surface area contributed by atoms with Crippen molar-refractivity contribution >= 4 is 5.91 Å². The first-order valence-corrected chi connectivity index (χ1v) is 7.87. The Bertz CT molecular complexity index is 833. The van der Waals surface area contributed by atoms with Gasteiger partial charge in [0.2, 0.25) is 11.8 Å². The first kappa shape index (κ1) is 16.6. The molecule has 0 aliphatic rings. The molecule has 0 atom stereocenters. The maximum atomic E-state index is 11.9. The van der Waals surface area contributed by atoms with E-state index >= 15 is 0 Å². The summed E-state index contributed by atoms with van der Waals surface area (Å²) in [6.45, 7) is 0.447. The molecular weight excluding hydrogens is 320 g/mol. The van der Waals surface area contributed by atoms with Gasteiger partial charge < -0.3 is 14.5 Å². The lowest BCUT2D eigenvalue weighted by Gasteiger charge is -2.04. The lowest BCUT2D eigenvalue weighted by molar-refractivity contribution is -0.121. The molecule has 0 saturated carbocycles. The number of hydrogen-bond acceptors (Lipinski definition) is 6. The van der Waals surface area contributed by atoms with Crippen molar-refractivity contribution in [2.75, 3.05) is 7.11 Å². The van der Waals surface area contributed by atoms with Gasteiger partial charge in [-0.25, -0.2) is 0 Å². The number of ether oxygens (including phenoxy) is 1. The predicted molar refractivity (Wildman–Crippen MR) is 90.7 cm³/mol. The summed E-state index contributed by atoms with van der Waals surface area (Å²) in [6, 6.07) is 11.1. The second-order valence-corrected chi connectivity index (χ2v) is 5.34. The zero-order valence-corrected chi connectivity index (χ0v) is 13.8. The van der Waals surface area contributed by atoms with Crippen molar-refractivity contribution < 1.29 is 13.9 Å². The summed E-state index contributed by atoms with van der Waals surface area (Å²) in [5.74, 6) is 1.37. The number of para-hydroxylation sites is 1. The fourth-order valence-corrected chi connectivity index (χ4v) is 2.30. The van der Waals surface area contributed by atoms with Gasteiger partial charge in [-0.05, 0) is 23.8 Å². The molecule has 25 heavy (non-hydrogen) atoms. The highest BCUT2D eigenvalue weighted by molar-refractivity contribution is 5.76. The summed E-state index contributed by atoms with van der Waals surface area (Å²) in [5.41, 5.74) is 1.68. The molecule has 3 aromatic rings. The molecule has 0 radical (unpaired) electrons. The number of pyridine rings is 1. The standard InChI is InChI=1S/C18H18N4O3/c1-24-15-7-3-2-6-14(15)18-22-21-17(25-18)9-8-16(23)20-12-13-5-4-10-19-11-13/h2-7,10-11H,8-9,12H2,1H3,(H,20,23). The molecule has 2 heterocycles. The van der Waals surface area contributed by atoms with Gasteiger partial charge in [0.15, 0.2) is 0 Å². The Morgan fingerprint density at radius 1 is 1.20 bits per heavy atom. The molecule has 1 N–H and O–H groups in total. The Hall–Kier alpha value is -3.22. The lowest BCUT2D eigenvalue weighted by atomic mass is 10.2. The van der Waals surface area contributed by atoms with Crippen molar-refractivity contribution in [3.63, 3.8) is 0 Å². The molecule has 128 valence electrons. The quantitative estimate of drug-likeness (QED) is 0.711. The Labute approximate surface area is 145 Å². The van der Waals surface area contributed by atoms with Crippen LogP contribution in [0.1, 0.15) is 17.9 Å². The molecule has 2 aromatic heterocycles. The van der Waals surface area contributed by atoms with E-state index in [9.17, 15) is 4.79 Å². The van der Waals surface area contributed by atoms with E-state index in [0.29, 0.717) is 30.5 Å². The largest absolute Gasteiger partial charge is 0.496 e. The molecule has 0 fully saturated rings. The van der Waals surface area contributed by atoms with Crippen LogP contribution in [-0.4, -0.2) is 28.2 Å². The monoisotopic (exact) mass is 338 g/mol. The molecule has 1 aromatic carbocycles. The fraction of sp³-hybridized carbons (Fsp3) is 0.222. The normalized spacial score (nSPS) is 10.4. The molecule has 0 aliphatic heterocycles. The number of methoxy groups -OCH3 is 1. The zero-order valence-electron chi connectivity index (χ0n) is 13.8. The van der Waals surface area contributed by atoms with Crippen LogP contribution in [0.5, 0.6) is 5.75 Å². The van der Waals surface area contributed by atoms with Gasteiger partial charge >= 0.3 is 0 Å². The highest BCUT2D eigenvalue weighted by atomic mass is 16.5. The summed E-state index contributed by atoms with van der Waals surface area (Å²) >= 11 is 0. The van der Waals surface area contributed by atoms with Crippen molar-refractivity contribution in [2.24, 2.45) is 0 Å². The van der Waals surface area contributed by atoms with Crippen molar-refractivity contribution in [3.8, 4) is 17.2 Å². The molecule has 0 saturated heterocycles. The highest BCUT2D eigenvalue weighted by Gasteiger charge is 2.13. The fourth-order valence-electron chi connectivity index (χ4n) is 2.30.